The van der Waals surface area contributed by atoms with E-state index in [4.69, 9.17) is 9.56 Å². The minimum Gasteiger partial charge on any atom is -0.464 e. The lowest BCUT2D eigenvalue weighted by molar-refractivity contribution is 0.170. The molecule has 0 radical (unpaired) electrons. The molecule has 0 bridgehead atoms. The number of nitrogens with two attached hydrogens (primary N) is 1. The summed E-state index contributed by atoms with van der Waals surface area (Å²) in [5, 5.41) is 7.95. The Morgan fingerprint density at radius 3 is 2.59 bits per heavy atom. The quantitative estimate of drug-likeness (QED) is 0.870. The van der Waals surface area contributed by atoms with Gasteiger partial charge in [0.15, 0.2) is 0 Å². The topological polar surface area (TPSA) is 106 Å². The van der Waals surface area contributed by atoms with Crippen molar-refractivity contribution in [1.29, 1.82) is 0 Å². The minimum atomic E-state index is -3.45. The Balaban J connectivity index is 1.82. The van der Waals surface area contributed by atoms with Crippen molar-refractivity contribution in [3.05, 3.63) is 23.7 Å². The number of likely N-dealkylation sites (tertiary alicyclic amines) is 1. The van der Waals surface area contributed by atoms with E-state index >= 15 is 0 Å². The maximum atomic E-state index is 12.2. The third-order valence-corrected chi connectivity index (χ3v) is 4.83. The van der Waals surface area contributed by atoms with E-state index < -0.39 is 10.0 Å². The van der Waals surface area contributed by atoms with Crippen molar-refractivity contribution < 1.29 is 17.6 Å². The van der Waals surface area contributed by atoms with Crippen molar-refractivity contribution in [1.82, 2.24) is 10.2 Å². The van der Waals surface area contributed by atoms with Crippen LogP contribution in [0.5, 0.6) is 0 Å². The first-order valence-electron chi connectivity index (χ1n) is 7.37. The Morgan fingerprint density at radius 2 is 2.09 bits per heavy atom. The molecular formula is C14H23N3O4S. The average molecular weight is 329 g/mol. The second kappa shape index (κ2) is 6.70. The fraction of sp³-hybridized carbons (Fsp3) is 0.643. The third kappa shape index (κ3) is 4.74. The smallest absolute Gasteiger partial charge is 0.317 e. The monoisotopic (exact) mass is 329 g/mol. The van der Waals surface area contributed by atoms with Crippen LogP contribution >= 0.6 is 0 Å². The van der Waals surface area contributed by atoms with Gasteiger partial charge in [-0.15, -0.1) is 0 Å². The number of amides is 2. The number of sulfonamides is 1. The Bertz CT molecular complexity index is 618. The van der Waals surface area contributed by atoms with Crippen LogP contribution < -0.4 is 10.5 Å². The maximum Gasteiger partial charge on any atom is 0.317 e. The summed E-state index contributed by atoms with van der Waals surface area (Å²) in [5.74, 6) is 1.55. The standard InChI is InChI=1S/C14H23N3O4S/c1-10-3-4-13(21-10)11(2)16-14(18)17-7-5-12(6-8-17)9-22(15,19)20/h3-4,11-12H,5-9H2,1-2H3,(H,16,18)(H2,15,19,20)/t11-/m1/s1. The number of furan rings is 1. The van der Waals surface area contributed by atoms with Gasteiger partial charge in [0.2, 0.25) is 10.0 Å². The summed E-state index contributed by atoms with van der Waals surface area (Å²) in [6.45, 7) is 4.80. The van der Waals surface area contributed by atoms with Gasteiger partial charge >= 0.3 is 6.03 Å². The number of rotatable bonds is 4. The van der Waals surface area contributed by atoms with Gasteiger partial charge in [-0.25, -0.2) is 18.4 Å². The summed E-state index contributed by atoms with van der Waals surface area (Å²) in [7, 11) is -3.45. The zero-order valence-electron chi connectivity index (χ0n) is 12.9. The molecule has 1 saturated heterocycles. The van der Waals surface area contributed by atoms with Gasteiger partial charge in [0.05, 0.1) is 11.8 Å². The normalized spacial score (nSPS) is 18.2. The highest BCUT2D eigenvalue weighted by Crippen LogP contribution is 2.20. The highest BCUT2D eigenvalue weighted by molar-refractivity contribution is 7.89. The van der Waals surface area contributed by atoms with Crippen LogP contribution in [0.15, 0.2) is 16.5 Å². The number of aryl methyl sites for hydroxylation is 1. The summed E-state index contributed by atoms with van der Waals surface area (Å²) in [4.78, 5) is 13.9. The molecule has 7 nitrogen and oxygen atoms in total. The first kappa shape index (κ1) is 16.8. The van der Waals surface area contributed by atoms with Crippen LogP contribution in [-0.2, 0) is 10.0 Å². The van der Waals surface area contributed by atoms with Gasteiger partial charge in [-0.05, 0) is 44.7 Å². The molecule has 8 heteroatoms. The van der Waals surface area contributed by atoms with E-state index in [0.29, 0.717) is 25.9 Å². The van der Waals surface area contributed by atoms with Gasteiger partial charge in [0, 0.05) is 13.1 Å². The van der Waals surface area contributed by atoms with Crippen molar-refractivity contribution in [2.75, 3.05) is 18.8 Å². The first-order valence-corrected chi connectivity index (χ1v) is 9.08. The van der Waals surface area contributed by atoms with Gasteiger partial charge in [-0.3, -0.25) is 0 Å². The molecule has 22 heavy (non-hydrogen) atoms. The summed E-state index contributed by atoms with van der Waals surface area (Å²) < 4.78 is 27.7. The van der Waals surface area contributed by atoms with Gasteiger partial charge in [-0.2, -0.15) is 0 Å². The molecule has 1 aliphatic heterocycles. The van der Waals surface area contributed by atoms with E-state index in [2.05, 4.69) is 5.32 Å². The van der Waals surface area contributed by atoms with Crippen molar-refractivity contribution >= 4 is 16.1 Å². The first-order chi connectivity index (χ1) is 10.2. The molecule has 0 aromatic carbocycles. The molecular weight excluding hydrogens is 306 g/mol. The molecule has 0 aliphatic carbocycles. The molecule has 0 spiro atoms. The molecule has 0 saturated carbocycles. The number of carbonyl (C=O) groups is 1. The van der Waals surface area contributed by atoms with Gasteiger partial charge in [-0.1, -0.05) is 0 Å². The molecule has 2 rings (SSSR count). The lowest BCUT2D eigenvalue weighted by Crippen LogP contribution is -2.46. The third-order valence-electron chi connectivity index (χ3n) is 3.90. The Kier molecular flexibility index (Phi) is 5.12. The molecule has 1 aromatic rings. The Morgan fingerprint density at radius 1 is 1.45 bits per heavy atom. The Hall–Kier alpha value is -1.54. The largest absolute Gasteiger partial charge is 0.464 e. The number of hydrogen-bond donors (Lipinski definition) is 2. The summed E-state index contributed by atoms with van der Waals surface area (Å²) in [6.07, 6.45) is 1.30. The summed E-state index contributed by atoms with van der Waals surface area (Å²) >= 11 is 0. The highest BCUT2D eigenvalue weighted by Gasteiger charge is 2.26. The molecule has 1 fully saturated rings. The van der Waals surface area contributed by atoms with Gasteiger partial charge in [0.25, 0.3) is 0 Å². The number of nitrogens with zero attached hydrogens (tertiary/aromatic N) is 1. The molecule has 1 aromatic heterocycles. The number of urea groups is 1. The van der Waals surface area contributed by atoms with Crippen LogP contribution in [0.1, 0.15) is 37.3 Å². The second-order valence-electron chi connectivity index (χ2n) is 5.88. The van der Waals surface area contributed by atoms with Crippen molar-refractivity contribution in [3.8, 4) is 0 Å². The van der Waals surface area contributed by atoms with Crippen molar-refractivity contribution in [2.24, 2.45) is 11.1 Å². The lowest BCUT2D eigenvalue weighted by Gasteiger charge is -2.32. The van der Waals surface area contributed by atoms with E-state index in [0.717, 1.165) is 11.5 Å². The van der Waals surface area contributed by atoms with Crippen LogP contribution in [0.25, 0.3) is 0 Å². The molecule has 2 heterocycles. The molecule has 124 valence electrons. The number of primary sulfonamides is 1. The van der Waals surface area contributed by atoms with E-state index in [9.17, 15) is 13.2 Å². The molecule has 2 amide bonds. The van der Waals surface area contributed by atoms with Crippen LogP contribution in [-0.4, -0.2) is 38.2 Å². The van der Waals surface area contributed by atoms with Crippen LogP contribution in [0.4, 0.5) is 4.79 Å². The number of nitrogens with one attached hydrogen (secondary N) is 1. The number of carbonyl (C=O) groups excluding carboxylic acids is 1. The van der Waals surface area contributed by atoms with E-state index in [-0.39, 0.29) is 23.7 Å². The average Bonchev–Trinajstić information content (AvgIpc) is 2.84. The minimum absolute atomic E-state index is 0.00939. The van der Waals surface area contributed by atoms with Gasteiger partial charge < -0.3 is 14.6 Å². The SMILES string of the molecule is Cc1ccc([C@@H](C)NC(=O)N2CCC(CS(N)(=O)=O)CC2)o1. The fourth-order valence-electron chi connectivity index (χ4n) is 2.67. The Labute approximate surface area is 130 Å². The second-order valence-corrected chi connectivity index (χ2v) is 7.54. The van der Waals surface area contributed by atoms with Crippen molar-refractivity contribution in [3.63, 3.8) is 0 Å². The lowest BCUT2D eigenvalue weighted by atomic mass is 9.99. The number of piperidine rings is 1. The summed E-state index contributed by atoms with van der Waals surface area (Å²) in [6, 6.07) is 3.34. The van der Waals surface area contributed by atoms with E-state index in [1.54, 1.807) is 4.90 Å². The molecule has 1 aliphatic rings. The predicted octanol–water partition coefficient (Wildman–Crippen LogP) is 1.36. The van der Waals surface area contributed by atoms with Crippen molar-refractivity contribution in [2.45, 2.75) is 32.7 Å². The zero-order valence-corrected chi connectivity index (χ0v) is 13.7. The van der Waals surface area contributed by atoms with E-state index in [1.165, 1.54) is 0 Å². The van der Waals surface area contributed by atoms with Crippen LogP contribution in [0, 0.1) is 12.8 Å². The van der Waals surface area contributed by atoms with Crippen LogP contribution in [0.3, 0.4) is 0 Å². The maximum absolute atomic E-state index is 12.2. The summed E-state index contributed by atoms with van der Waals surface area (Å²) in [5.41, 5.74) is 0. The zero-order chi connectivity index (χ0) is 16.3. The van der Waals surface area contributed by atoms with Gasteiger partial charge in [0.1, 0.15) is 11.5 Å². The molecule has 1 atom stereocenters. The molecule has 0 unspecified atom stereocenters. The number of hydrogen-bond acceptors (Lipinski definition) is 4. The molecule has 3 N–H and O–H groups in total. The predicted molar refractivity (Wildman–Crippen MR) is 82.7 cm³/mol. The highest BCUT2D eigenvalue weighted by atomic mass is 32.2. The fourth-order valence-corrected chi connectivity index (χ4v) is 3.66. The van der Waals surface area contributed by atoms with E-state index in [1.807, 2.05) is 26.0 Å². The van der Waals surface area contributed by atoms with Crippen LogP contribution in [0.2, 0.25) is 0 Å².